The summed E-state index contributed by atoms with van der Waals surface area (Å²) in [6.45, 7) is 8.50. The summed E-state index contributed by atoms with van der Waals surface area (Å²) in [5.41, 5.74) is 2.53. The van der Waals surface area contributed by atoms with Gasteiger partial charge in [-0.05, 0) is 36.8 Å². The first-order valence-corrected chi connectivity index (χ1v) is 6.91. The highest BCUT2D eigenvalue weighted by molar-refractivity contribution is 5.76. The SMILES string of the molecule is CCCC(=O)NC(C)c1ccc(CC(C)C)cc1. The minimum Gasteiger partial charge on any atom is -0.350 e. The van der Waals surface area contributed by atoms with E-state index in [4.69, 9.17) is 0 Å². The molecule has 0 bridgehead atoms. The summed E-state index contributed by atoms with van der Waals surface area (Å²) in [4.78, 5) is 11.5. The summed E-state index contributed by atoms with van der Waals surface area (Å²) in [5.74, 6) is 0.814. The normalized spacial score (nSPS) is 12.5. The third-order valence-electron chi connectivity index (χ3n) is 2.98. The van der Waals surface area contributed by atoms with Gasteiger partial charge in [0.25, 0.3) is 0 Å². The molecule has 0 aliphatic rings. The molecule has 0 aromatic heterocycles. The summed E-state index contributed by atoms with van der Waals surface area (Å²) in [6.07, 6.45) is 2.61. The number of nitrogens with one attached hydrogen (secondary N) is 1. The van der Waals surface area contributed by atoms with Crippen molar-refractivity contribution < 1.29 is 4.79 Å². The van der Waals surface area contributed by atoms with E-state index in [1.54, 1.807) is 0 Å². The van der Waals surface area contributed by atoms with E-state index in [2.05, 4.69) is 43.4 Å². The molecule has 2 nitrogen and oxygen atoms in total. The van der Waals surface area contributed by atoms with Crippen LogP contribution in [0.15, 0.2) is 24.3 Å². The summed E-state index contributed by atoms with van der Waals surface area (Å²) in [7, 11) is 0. The van der Waals surface area contributed by atoms with E-state index in [1.165, 1.54) is 11.1 Å². The Hall–Kier alpha value is -1.31. The quantitative estimate of drug-likeness (QED) is 0.812. The maximum Gasteiger partial charge on any atom is 0.220 e. The average Bonchev–Trinajstić information content (AvgIpc) is 2.29. The molecule has 1 amide bonds. The van der Waals surface area contributed by atoms with Gasteiger partial charge >= 0.3 is 0 Å². The van der Waals surface area contributed by atoms with E-state index in [-0.39, 0.29) is 11.9 Å². The van der Waals surface area contributed by atoms with Gasteiger partial charge in [0.05, 0.1) is 6.04 Å². The predicted molar refractivity (Wildman–Crippen MR) is 76.4 cm³/mol. The maximum absolute atomic E-state index is 11.5. The van der Waals surface area contributed by atoms with Crippen LogP contribution in [0.25, 0.3) is 0 Å². The summed E-state index contributed by atoms with van der Waals surface area (Å²) in [6, 6.07) is 8.66. The Labute approximate surface area is 111 Å². The monoisotopic (exact) mass is 247 g/mol. The third-order valence-corrected chi connectivity index (χ3v) is 2.98. The van der Waals surface area contributed by atoms with Crippen LogP contribution in [0, 0.1) is 5.92 Å². The Bertz CT molecular complexity index is 367. The predicted octanol–water partition coefficient (Wildman–Crippen LogP) is 3.86. The molecule has 18 heavy (non-hydrogen) atoms. The second-order valence-corrected chi connectivity index (χ2v) is 5.38. The second-order valence-electron chi connectivity index (χ2n) is 5.38. The van der Waals surface area contributed by atoms with Crippen LogP contribution in [0.2, 0.25) is 0 Å². The molecule has 1 N–H and O–H groups in total. The van der Waals surface area contributed by atoms with Gasteiger partial charge in [0.15, 0.2) is 0 Å². The Morgan fingerprint density at radius 1 is 1.17 bits per heavy atom. The highest BCUT2D eigenvalue weighted by atomic mass is 16.1. The zero-order chi connectivity index (χ0) is 13.5. The molecule has 100 valence electrons. The first-order valence-electron chi connectivity index (χ1n) is 6.91. The van der Waals surface area contributed by atoms with Gasteiger partial charge in [0.1, 0.15) is 0 Å². The topological polar surface area (TPSA) is 29.1 Å². The average molecular weight is 247 g/mol. The van der Waals surface area contributed by atoms with Crippen molar-refractivity contribution in [2.75, 3.05) is 0 Å². The molecule has 1 unspecified atom stereocenters. The lowest BCUT2D eigenvalue weighted by Crippen LogP contribution is -2.26. The van der Waals surface area contributed by atoms with Crippen molar-refractivity contribution in [2.45, 2.75) is 53.0 Å². The number of carbonyl (C=O) groups excluding carboxylic acids is 1. The number of hydrogen-bond acceptors (Lipinski definition) is 1. The maximum atomic E-state index is 11.5. The molecule has 0 saturated carbocycles. The Morgan fingerprint density at radius 2 is 1.78 bits per heavy atom. The van der Waals surface area contributed by atoms with Gasteiger partial charge in [-0.25, -0.2) is 0 Å². The zero-order valence-corrected chi connectivity index (χ0v) is 12.0. The van der Waals surface area contributed by atoms with Crippen molar-refractivity contribution in [3.63, 3.8) is 0 Å². The van der Waals surface area contributed by atoms with Crippen LogP contribution in [0.5, 0.6) is 0 Å². The second kappa shape index (κ2) is 7.20. The highest BCUT2D eigenvalue weighted by Crippen LogP contribution is 2.15. The largest absolute Gasteiger partial charge is 0.350 e. The van der Waals surface area contributed by atoms with Crippen molar-refractivity contribution in [3.8, 4) is 0 Å². The molecule has 1 aromatic rings. The minimum atomic E-state index is 0.0946. The van der Waals surface area contributed by atoms with Gasteiger partial charge in [0, 0.05) is 6.42 Å². The first kappa shape index (κ1) is 14.7. The number of hydrogen-bond donors (Lipinski definition) is 1. The summed E-state index contributed by atoms with van der Waals surface area (Å²) >= 11 is 0. The molecule has 2 heteroatoms. The van der Waals surface area contributed by atoms with E-state index in [1.807, 2.05) is 13.8 Å². The Balaban J connectivity index is 2.58. The molecular formula is C16H25NO. The fourth-order valence-electron chi connectivity index (χ4n) is 2.04. The van der Waals surface area contributed by atoms with E-state index in [9.17, 15) is 4.79 Å². The smallest absolute Gasteiger partial charge is 0.220 e. The van der Waals surface area contributed by atoms with Crippen LogP contribution in [0.4, 0.5) is 0 Å². The van der Waals surface area contributed by atoms with Crippen LogP contribution in [-0.2, 0) is 11.2 Å². The molecule has 0 saturated heterocycles. The number of rotatable bonds is 6. The molecular weight excluding hydrogens is 222 g/mol. The third kappa shape index (κ3) is 4.91. The van der Waals surface area contributed by atoms with E-state index in [0.29, 0.717) is 12.3 Å². The van der Waals surface area contributed by atoms with Crippen LogP contribution in [0.1, 0.15) is 57.7 Å². The van der Waals surface area contributed by atoms with Gasteiger partial charge in [0.2, 0.25) is 5.91 Å². The lowest BCUT2D eigenvalue weighted by Gasteiger charge is -2.15. The fourth-order valence-corrected chi connectivity index (χ4v) is 2.04. The van der Waals surface area contributed by atoms with E-state index in [0.717, 1.165) is 12.8 Å². The molecule has 1 aromatic carbocycles. The molecule has 0 heterocycles. The zero-order valence-electron chi connectivity index (χ0n) is 12.0. The molecule has 1 rings (SSSR count). The van der Waals surface area contributed by atoms with Crippen LogP contribution in [-0.4, -0.2) is 5.91 Å². The molecule has 1 atom stereocenters. The van der Waals surface area contributed by atoms with E-state index >= 15 is 0 Å². The van der Waals surface area contributed by atoms with E-state index < -0.39 is 0 Å². The number of benzene rings is 1. The fraction of sp³-hybridized carbons (Fsp3) is 0.562. The molecule has 0 radical (unpaired) electrons. The van der Waals surface area contributed by atoms with Gasteiger partial charge < -0.3 is 5.32 Å². The minimum absolute atomic E-state index is 0.0946. The summed E-state index contributed by atoms with van der Waals surface area (Å²) in [5, 5.41) is 3.02. The van der Waals surface area contributed by atoms with Gasteiger partial charge in [-0.3, -0.25) is 4.79 Å². The standard InChI is InChI=1S/C16H25NO/c1-5-6-16(18)17-13(4)15-9-7-14(8-10-15)11-12(2)3/h7-10,12-13H,5-6,11H2,1-4H3,(H,17,18). The molecule has 0 aliphatic carbocycles. The summed E-state index contributed by atoms with van der Waals surface area (Å²) < 4.78 is 0. The van der Waals surface area contributed by atoms with Crippen LogP contribution >= 0.6 is 0 Å². The Kier molecular flexibility index (Phi) is 5.90. The number of carbonyl (C=O) groups is 1. The lowest BCUT2D eigenvalue weighted by molar-refractivity contribution is -0.121. The van der Waals surface area contributed by atoms with Crippen molar-refractivity contribution in [1.82, 2.24) is 5.32 Å². The molecule has 0 fully saturated rings. The van der Waals surface area contributed by atoms with Gasteiger partial charge in [-0.15, -0.1) is 0 Å². The molecule has 0 aliphatic heterocycles. The number of amides is 1. The van der Waals surface area contributed by atoms with Crippen molar-refractivity contribution in [3.05, 3.63) is 35.4 Å². The van der Waals surface area contributed by atoms with Gasteiger partial charge in [-0.1, -0.05) is 45.0 Å². The highest BCUT2D eigenvalue weighted by Gasteiger charge is 2.08. The van der Waals surface area contributed by atoms with Crippen molar-refractivity contribution >= 4 is 5.91 Å². The van der Waals surface area contributed by atoms with Gasteiger partial charge in [-0.2, -0.15) is 0 Å². The molecule has 0 spiro atoms. The van der Waals surface area contributed by atoms with Crippen LogP contribution < -0.4 is 5.32 Å². The lowest BCUT2D eigenvalue weighted by atomic mass is 10.00. The first-order chi connectivity index (χ1) is 8.52. The van der Waals surface area contributed by atoms with Crippen molar-refractivity contribution in [1.29, 1.82) is 0 Å². The van der Waals surface area contributed by atoms with Crippen LogP contribution in [0.3, 0.4) is 0 Å². The van der Waals surface area contributed by atoms with Crippen molar-refractivity contribution in [2.24, 2.45) is 5.92 Å². The Morgan fingerprint density at radius 3 is 2.28 bits per heavy atom.